The van der Waals surface area contributed by atoms with Gasteiger partial charge >= 0.3 is 0 Å². The summed E-state index contributed by atoms with van der Waals surface area (Å²) < 4.78 is 20.4. The third kappa shape index (κ3) is 2.92. The van der Waals surface area contributed by atoms with Gasteiger partial charge in [0.1, 0.15) is 5.54 Å². The van der Waals surface area contributed by atoms with Crippen LogP contribution in [0.5, 0.6) is 5.75 Å². The number of carbonyl (C=O) groups is 1. The van der Waals surface area contributed by atoms with Gasteiger partial charge in [0.2, 0.25) is 0 Å². The highest BCUT2D eigenvalue weighted by Crippen LogP contribution is 2.29. The monoisotopic (exact) mass is 318 g/mol. The third-order valence-electron chi connectivity index (χ3n) is 4.21. The average molecular weight is 318 g/mol. The molecule has 0 atom stereocenters. The summed E-state index contributed by atoms with van der Waals surface area (Å²) in [6.07, 6.45) is 4.70. The molecule has 0 unspecified atom stereocenters. The number of methoxy groups -OCH3 is 1. The molecule has 1 saturated heterocycles. The molecule has 0 spiro atoms. The standard InChI is InChI=1S/C16H19FN4O2/c1-23-14-4-3-12(11-13(14)17)20-15(22)16(5-8-18-9-6-16)21-10-2-7-19-21/h2-4,7,10-11,18H,5-6,8-9H2,1H3,(H,20,22). The van der Waals surface area contributed by atoms with Gasteiger partial charge in [0.15, 0.2) is 11.6 Å². The number of ether oxygens (including phenoxy) is 1. The Morgan fingerprint density at radius 2 is 2.22 bits per heavy atom. The van der Waals surface area contributed by atoms with Crippen molar-refractivity contribution in [2.45, 2.75) is 18.4 Å². The maximum atomic E-state index is 13.8. The van der Waals surface area contributed by atoms with Crippen molar-refractivity contribution in [3.63, 3.8) is 0 Å². The molecule has 3 rings (SSSR count). The van der Waals surface area contributed by atoms with E-state index in [1.54, 1.807) is 29.2 Å². The summed E-state index contributed by atoms with van der Waals surface area (Å²) in [4.78, 5) is 12.9. The number of aromatic nitrogens is 2. The van der Waals surface area contributed by atoms with Gasteiger partial charge in [-0.3, -0.25) is 9.48 Å². The van der Waals surface area contributed by atoms with Crippen molar-refractivity contribution in [3.8, 4) is 5.75 Å². The lowest BCUT2D eigenvalue weighted by Crippen LogP contribution is -2.52. The van der Waals surface area contributed by atoms with Crippen LogP contribution in [0.25, 0.3) is 0 Å². The normalized spacial score (nSPS) is 16.8. The van der Waals surface area contributed by atoms with Crippen LogP contribution in [0.2, 0.25) is 0 Å². The number of hydrogen-bond acceptors (Lipinski definition) is 4. The van der Waals surface area contributed by atoms with Gasteiger partial charge in [-0.25, -0.2) is 4.39 Å². The van der Waals surface area contributed by atoms with Crippen LogP contribution in [0.1, 0.15) is 12.8 Å². The summed E-state index contributed by atoms with van der Waals surface area (Å²) in [7, 11) is 1.40. The van der Waals surface area contributed by atoms with Crippen molar-refractivity contribution in [2.75, 3.05) is 25.5 Å². The maximum absolute atomic E-state index is 13.8. The highest BCUT2D eigenvalue weighted by atomic mass is 19.1. The van der Waals surface area contributed by atoms with Gasteiger partial charge in [0.05, 0.1) is 7.11 Å². The molecule has 2 heterocycles. The molecular formula is C16H19FN4O2. The van der Waals surface area contributed by atoms with Crippen LogP contribution in [0, 0.1) is 5.82 Å². The molecule has 1 aromatic carbocycles. The minimum Gasteiger partial charge on any atom is -0.494 e. The maximum Gasteiger partial charge on any atom is 0.252 e. The molecule has 0 bridgehead atoms. The number of hydrogen-bond donors (Lipinski definition) is 2. The minimum atomic E-state index is -0.759. The topological polar surface area (TPSA) is 68.2 Å². The number of rotatable bonds is 4. The fourth-order valence-electron chi connectivity index (χ4n) is 2.91. The fourth-order valence-corrected chi connectivity index (χ4v) is 2.91. The molecule has 0 radical (unpaired) electrons. The lowest BCUT2D eigenvalue weighted by Gasteiger charge is -2.36. The van der Waals surface area contributed by atoms with Gasteiger partial charge in [-0.05, 0) is 44.1 Å². The van der Waals surface area contributed by atoms with E-state index in [9.17, 15) is 9.18 Å². The van der Waals surface area contributed by atoms with E-state index in [1.807, 2.05) is 0 Å². The second kappa shape index (κ2) is 6.37. The molecule has 2 N–H and O–H groups in total. The van der Waals surface area contributed by atoms with Crippen molar-refractivity contribution >= 4 is 11.6 Å². The number of piperidine rings is 1. The lowest BCUT2D eigenvalue weighted by molar-refractivity contribution is -0.126. The number of anilines is 1. The van der Waals surface area contributed by atoms with Crippen LogP contribution in [-0.4, -0.2) is 35.9 Å². The second-order valence-corrected chi connectivity index (χ2v) is 5.54. The number of halogens is 1. The zero-order valence-corrected chi connectivity index (χ0v) is 12.9. The quantitative estimate of drug-likeness (QED) is 0.901. The fraction of sp³-hybridized carbons (Fsp3) is 0.375. The van der Waals surface area contributed by atoms with Crippen LogP contribution in [0.15, 0.2) is 36.7 Å². The van der Waals surface area contributed by atoms with Gasteiger partial charge in [0, 0.05) is 24.1 Å². The second-order valence-electron chi connectivity index (χ2n) is 5.54. The summed E-state index contributed by atoms with van der Waals surface area (Å²) in [5.41, 5.74) is -0.358. The van der Waals surface area contributed by atoms with Crippen LogP contribution < -0.4 is 15.4 Å². The van der Waals surface area contributed by atoms with Crippen LogP contribution in [0.3, 0.4) is 0 Å². The van der Waals surface area contributed by atoms with Gasteiger partial charge in [-0.2, -0.15) is 5.10 Å². The molecule has 1 aromatic heterocycles. The van der Waals surface area contributed by atoms with Crippen LogP contribution in [-0.2, 0) is 10.3 Å². The van der Waals surface area contributed by atoms with E-state index in [1.165, 1.54) is 19.2 Å². The van der Waals surface area contributed by atoms with E-state index in [2.05, 4.69) is 15.7 Å². The predicted molar refractivity (Wildman–Crippen MR) is 83.9 cm³/mol. The highest BCUT2D eigenvalue weighted by Gasteiger charge is 2.42. The predicted octanol–water partition coefficient (Wildman–Crippen LogP) is 1.75. The van der Waals surface area contributed by atoms with E-state index in [0.717, 1.165) is 13.1 Å². The van der Waals surface area contributed by atoms with Crippen molar-refractivity contribution in [3.05, 3.63) is 42.5 Å². The zero-order chi connectivity index (χ0) is 16.3. The van der Waals surface area contributed by atoms with Crippen molar-refractivity contribution in [2.24, 2.45) is 0 Å². The molecule has 7 heteroatoms. The molecule has 1 fully saturated rings. The van der Waals surface area contributed by atoms with Gasteiger partial charge in [-0.1, -0.05) is 0 Å². The molecule has 1 amide bonds. The zero-order valence-electron chi connectivity index (χ0n) is 12.9. The third-order valence-corrected chi connectivity index (χ3v) is 4.21. The molecule has 2 aromatic rings. The Labute approximate surface area is 133 Å². The molecule has 0 saturated carbocycles. The summed E-state index contributed by atoms with van der Waals surface area (Å²) in [5, 5.41) is 10.3. The number of carbonyl (C=O) groups excluding carboxylic acids is 1. The largest absolute Gasteiger partial charge is 0.494 e. The van der Waals surface area contributed by atoms with Crippen molar-refractivity contribution in [1.29, 1.82) is 0 Å². The lowest BCUT2D eigenvalue weighted by atomic mass is 9.87. The van der Waals surface area contributed by atoms with Gasteiger partial charge in [0.25, 0.3) is 5.91 Å². The molecule has 0 aliphatic carbocycles. The first-order chi connectivity index (χ1) is 11.2. The van der Waals surface area contributed by atoms with E-state index in [0.29, 0.717) is 18.5 Å². The first kappa shape index (κ1) is 15.5. The Bertz CT molecular complexity index is 681. The van der Waals surface area contributed by atoms with Gasteiger partial charge < -0.3 is 15.4 Å². The number of amides is 1. The number of nitrogens with one attached hydrogen (secondary N) is 2. The summed E-state index contributed by atoms with van der Waals surface area (Å²) in [6.45, 7) is 1.45. The van der Waals surface area contributed by atoms with Crippen LogP contribution in [0.4, 0.5) is 10.1 Å². The summed E-state index contributed by atoms with van der Waals surface area (Å²) in [5.74, 6) is -0.553. The Kier molecular flexibility index (Phi) is 4.29. The molecule has 1 aliphatic rings. The Morgan fingerprint density at radius 1 is 1.43 bits per heavy atom. The summed E-state index contributed by atoms with van der Waals surface area (Å²) in [6, 6.07) is 6.17. The number of benzene rings is 1. The van der Waals surface area contributed by atoms with Crippen molar-refractivity contribution < 1.29 is 13.9 Å². The first-order valence-electron chi connectivity index (χ1n) is 7.51. The van der Waals surface area contributed by atoms with E-state index < -0.39 is 11.4 Å². The van der Waals surface area contributed by atoms with Crippen molar-refractivity contribution in [1.82, 2.24) is 15.1 Å². The smallest absolute Gasteiger partial charge is 0.252 e. The molecule has 1 aliphatic heterocycles. The molecule has 23 heavy (non-hydrogen) atoms. The van der Waals surface area contributed by atoms with E-state index in [4.69, 9.17) is 4.74 Å². The molecular weight excluding hydrogens is 299 g/mol. The number of nitrogens with zero attached hydrogens (tertiary/aromatic N) is 2. The first-order valence-corrected chi connectivity index (χ1v) is 7.51. The minimum absolute atomic E-state index is 0.145. The molecule has 122 valence electrons. The highest BCUT2D eigenvalue weighted by molar-refractivity contribution is 5.96. The Hall–Kier alpha value is -2.41. The summed E-state index contributed by atoms with van der Waals surface area (Å²) >= 11 is 0. The molecule has 6 nitrogen and oxygen atoms in total. The Morgan fingerprint density at radius 3 is 2.83 bits per heavy atom. The van der Waals surface area contributed by atoms with Crippen LogP contribution >= 0.6 is 0 Å². The SMILES string of the molecule is COc1ccc(NC(=O)C2(n3cccn3)CCNCC2)cc1F. The Balaban J connectivity index is 1.86. The average Bonchev–Trinajstić information content (AvgIpc) is 3.10. The van der Waals surface area contributed by atoms with Gasteiger partial charge in [-0.15, -0.1) is 0 Å². The van der Waals surface area contributed by atoms with E-state index >= 15 is 0 Å². The van der Waals surface area contributed by atoms with E-state index in [-0.39, 0.29) is 11.7 Å².